The average Bonchev–Trinajstić information content (AvgIpc) is 2.38. The highest BCUT2D eigenvalue weighted by Gasteiger charge is 2.09. The van der Waals surface area contributed by atoms with Gasteiger partial charge in [0.05, 0.1) is 5.56 Å². The number of rotatable bonds is 4. The molecule has 0 saturated heterocycles. The van der Waals surface area contributed by atoms with E-state index in [4.69, 9.17) is 10.5 Å². The predicted octanol–water partition coefficient (Wildman–Crippen LogP) is 2.50. The lowest BCUT2D eigenvalue weighted by Crippen LogP contribution is -2.13. The van der Waals surface area contributed by atoms with Crippen LogP contribution in [0.3, 0.4) is 0 Å². The molecule has 2 rings (SSSR count). The molecule has 2 aromatic rings. The molecule has 0 heterocycles. The largest absolute Gasteiger partial charge is 0.488 e. The van der Waals surface area contributed by atoms with Crippen molar-refractivity contribution in [2.45, 2.75) is 6.61 Å². The molecule has 0 aliphatic rings. The Kier molecular flexibility index (Phi) is 3.57. The molecule has 0 atom stereocenters. The summed E-state index contributed by atoms with van der Waals surface area (Å²) >= 11 is 0. The van der Waals surface area contributed by atoms with Crippen molar-refractivity contribution in [3.05, 3.63) is 65.5 Å². The van der Waals surface area contributed by atoms with E-state index in [9.17, 15) is 9.18 Å². The van der Waals surface area contributed by atoms with E-state index in [1.54, 1.807) is 42.5 Å². The van der Waals surface area contributed by atoms with Crippen LogP contribution in [0.15, 0.2) is 48.5 Å². The fraction of sp³-hybridized carbons (Fsp3) is 0.0714. The Morgan fingerprint density at radius 1 is 1.11 bits per heavy atom. The van der Waals surface area contributed by atoms with Gasteiger partial charge in [0.25, 0.3) is 5.91 Å². The van der Waals surface area contributed by atoms with Gasteiger partial charge in [0.2, 0.25) is 0 Å². The highest BCUT2D eigenvalue weighted by molar-refractivity contribution is 5.95. The first-order chi connectivity index (χ1) is 8.68. The summed E-state index contributed by atoms with van der Waals surface area (Å²) in [7, 11) is 0. The Hall–Kier alpha value is -2.36. The first kappa shape index (κ1) is 12.1. The highest BCUT2D eigenvalue weighted by Crippen LogP contribution is 2.19. The molecule has 2 N–H and O–H groups in total. The molecule has 0 aliphatic heterocycles. The summed E-state index contributed by atoms with van der Waals surface area (Å²) in [5.74, 6) is -0.554. The van der Waals surface area contributed by atoms with Crippen molar-refractivity contribution in [2.24, 2.45) is 5.73 Å². The van der Waals surface area contributed by atoms with Crippen molar-refractivity contribution < 1.29 is 13.9 Å². The second-order valence-electron chi connectivity index (χ2n) is 3.74. The van der Waals surface area contributed by atoms with Gasteiger partial charge in [0.15, 0.2) is 0 Å². The highest BCUT2D eigenvalue weighted by atomic mass is 19.1. The Morgan fingerprint density at radius 3 is 2.50 bits per heavy atom. The molecule has 18 heavy (non-hydrogen) atoms. The molecular weight excluding hydrogens is 233 g/mol. The third kappa shape index (κ3) is 2.66. The van der Waals surface area contributed by atoms with Gasteiger partial charge in [-0.2, -0.15) is 0 Å². The number of para-hydroxylation sites is 1. The monoisotopic (exact) mass is 245 g/mol. The maximum Gasteiger partial charge on any atom is 0.252 e. The molecule has 3 nitrogen and oxygen atoms in total. The summed E-state index contributed by atoms with van der Waals surface area (Å²) in [6, 6.07) is 12.9. The summed E-state index contributed by atoms with van der Waals surface area (Å²) in [5.41, 5.74) is 5.93. The van der Waals surface area contributed by atoms with E-state index in [2.05, 4.69) is 0 Å². The predicted molar refractivity (Wildman–Crippen MR) is 65.7 cm³/mol. The maximum absolute atomic E-state index is 13.4. The molecule has 4 heteroatoms. The Balaban J connectivity index is 2.16. The van der Waals surface area contributed by atoms with E-state index in [0.717, 1.165) is 0 Å². The van der Waals surface area contributed by atoms with E-state index in [-0.39, 0.29) is 18.0 Å². The summed E-state index contributed by atoms with van der Waals surface area (Å²) in [4.78, 5) is 11.2. The van der Waals surface area contributed by atoms with Crippen LogP contribution in [0.2, 0.25) is 0 Å². The number of halogens is 1. The molecular formula is C14H12FNO2. The number of primary amides is 1. The second-order valence-corrected chi connectivity index (χ2v) is 3.74. The van der Waals surface area contributed by atoms with Gasteiger partial charge in [-0.15, -0.1) is 0 Å². The minimum atomic E-state index is -0.570. The molecule has 0 bridgehead atoms. The molecule has 0 fully saturated rings. The number of carbonyl (C=O) groups is 1. The zero-order valence-electron chi connectivity index (χ0n) is 9.60. The first-order valence-corrected chi connectivity index (χ1v) is 5.43. The lowest BCUT2D eigenvalue weighted by molar-refractivity contribution is 0.0996. The minimum absolute atomic E-state index is 0.0525. The Bertz CT molecular complexity index is 569. The number of ether oxygens (including phenoxy) is 1. The van der Waals surface area contributed by atoms with Crippen molar-refractivity contribution >= 4 is 5.91 Å². The van der Waals surface area contributed by atoms with Crippen molar-refractivity contribution in [1.82, 2.24) is 0 Å². The molecule has 0 unspecified atom stereocenters. The Labute approximate surface area is 104 Å². The van der Waals surface area contributed by atoms with Gasteiger partial charge in [0, 0.05) is 5.56 Å². The van der Waals surface area contributed by atoms with Crippen molar-refractivity contribution in [2.75, 3.05) is 0 Å². The van der Waals surface area contributed by atoms with Crippen LogP contribution in [-0.2, 0) is 6.61 Å². The van der Waals surface area contributed by atoms with Gasteiger partial charge in [0.1, 0.15) is 18.2 Å². The van der Waals surface area contributed by atoms with Crippen LogP contribution in [0, 0.1) is 5.82 Å². The van der Waals surface area contributed by atoms with Gasteiger partial charge < -0.3 is 10.5 Å². The first-order valence-electron chi connectivity index (χ1n) is 5.43. The SMILES string of the molecule is NC(=O)c1ccccc1OCc1ccccc1F. The van der Waals surface area contributed by atoms with Gasteiger partial charge in [-0.05, 0) is 18.2 Å². The lowest BCUT2D eigenvalue weighted by atomic mass is 10.2. The number of carbonyl (C=O) groups excluding carboxylic acids is 1. The number of hydrogen-bond acceptors (Lipinski definition) is 2. The van der Waals surface area contributed by atoms with Gasteiger partial charge in [-0.3, -0.25) is 4.79 Å². The molecule has 92 valence electrons. The van der Waals surface area contributed by atoms with Crippen molar-refractivity contribution in [3.8, 4) is 5.75 Å². The molecule has 0 radical (unpaired) electrons. The van der Waals surface area contributed by atoms with E-state index in [0.29, 0.717) is 11.3 Å². The van der Waals surface area contributed by atoms with E-state index < -0.39 is 5.91 Å². The number of hydrogen-bond donors (Lipinski definition) is 1. The standard InChI is InChI=1S/C14H12FNO2/c15-12-7-3-1-5-10(12)9-18-13-8-4-2-6-11(13)14(16)17/h1-8H,9H2,(H2,16,17). The van der Waals surface area contributed by atoms with Crippen molar-refractivity contribution in [1.29, 1.82) is 0 Å². The fourth-order valence-electron chi connectivity index (χ4n) is 1.57. The smallest absolute Gasteiger partial charge is 0.252 e. The summed E-state index contributed by atoms with van der Waals surface area (Å²) in [6.07, 6.45) is 0. The quantitative estimate of drug-likeness (QED) is 0.899. The van der Waals surface area contributed by atoms with Crippen molar-refractivity contribution in [3.63, 3.8) is 0 Å². The third-order valence-electron chi connectivity index (χ3n) is 2.49. The topological polar surface area (TPSA) is 52.3 Å². The molecule has 1 amide bonds. The fourth-order valence-corrected chi connectivity index (χ4v) is 1.57. The number of benzene rings is 2. The van der Waals surface area contributed by atoms with Crippen LogP contribution in [0.25, 0.3) is 0 Å². The van der Waals surface area contributed by atoms with Crippen LogP contribution in [0.1, 0.15) is 15.9 Å². The van der Waals surface area contributed by atoms with Crippen LogP contribution in [-0.4, -0.2) is 5.91 Å². The van der Waals surface area contributed by atoms with E-state index in [1.807, 2.05) is 0 Å². The third-order valence-corrected chi connectivity index (χ3v) is 2.49. The average molecular weight is 245 g/mol. The molecule has 0 spiro atoms. The van der Waals surface area contributed by atoms with Gasteiger partial charge in [-0.1, -0.05) is 30.3 Å². The summed E-state index contributed by atoms with van der Waals surface area (Å²) in [6.45, 7) is 0.0525. The maximum atomic E-state index is 13.4. The zero-order valence-corrected chi connectivity index (χ0v) is 9.60. The lowest BCUT2D eigenvalue weighted by Gasteiger charge is -2.09. The van der Waals surface area contributed by atoms with E-state index in [1.165, 1.54) is 6.07 Å². The van der Waals surface area contributed by atoms with Gasteiger partial charge in [-0.25, -0.2) is 4.39 Å². The molecule has 0 aromatic heterocycles. The van der Waals surface area contributed by atoms with Crippen LogP contribution < -0.4 is 10.5 Å². The number of amides is 1. The number of nitrogens with two attached hydrogens (primary N) is 1. The van der Waals surface area contributed by atoms with E-state index >= 15 is 0 Å². The van der Waals surface area contributed by atoms with Crippen LogP contribution >= 0.6 is 0 Å². The molecule has 0 saturated carbocycles. The molecule has 2 aromatic carbocycles. The van der Waals surface area contributed by atoms with Crippen LogP contribution in [0.4, 0.5) is 4.39 Å². The van der Waals surface area contributed by atoms with Gasteiger partial charge >= 0.3 is 0 Å². The second kappa shape index (κ2) is 5.31. The minimum Gasteiger partial charge on any atom is -0.488 e. The summed E-state index contributed by atoms with van der Waals surface area (Å²) < 4.78 is 18.8. The van der Waals surface area contributed by atoms with Crippen LogP contribution in [0.5, 0.6) is 5.75 Å². The molecule has 0 aliphatic carbocycles. The zero-order chi connectivity index (χ0) is 13.0. The summed E-state index contributed by atoms with van der Waals surface area (Å²) in [5, 5.41) is 0. The Morgan fingerprint density at radius 2 is 1.78 bits per heavy atom. The normalized spacial score (nSPS) is 10.1.